The molecule has 0 atom stereocenters. The number of Topliss-reactive ketones (excluding diaryl/α,β-unsaturated/α-hetero) is 2. The lowest BCUT2D eigenvalue weighted by molar-refractivity contribution is 0.105. The van der Waals surface area contributed by atoms with E-state index < -0.39 is 53.0 Å². The molecule has 15 heteroatoms. The van der Waals surface area contributed by atoms with Crippen LogP contribution in [0.15, 0.2) is 92.8 Å². The quantitative estimate of drug-likeness (QED) is 0.0986. The van der Waals surface area contributed by atoms with Crippen molar-refractivity contribution in [3.8, 4) is 0 Å². The summed E-state index contributed by atoms with van der Waals surface area (Å²) in [4.78, 5) is 25.5. The number of hydrogen-bond donors (Lipinski definition) is 5. The Morgan fingerprint density at radius 2 is 0.941 bits per heavy atom. The van der Waals surface area contributed by atoms with Crippen LogP contribution >= 0.6 is 0 Å². The number of nitrogens with one attached hydrogen (secondary N) is 3. The normalized spacial score (nSPS) is 16.0. The van der Waals surface area contributed by atoms with E-state index in [0.717, 1.165) is 34.4 Å². The molecule has 0 unspecified atom stereocenters. The van der Waals surface area contributed by atoms with E-state index in [2.05, 4.69) is 26.4 Å². The van der Waals surface area contributed by atoms with E-state index in [1.54, 1.807) is 24.3 Å². The summed E-state index contributed by atoms with van der Waals surface area (Å²) >= 11 is 0. The van der Waals surface area contributed by atoms with E-state index in [9.17, 15) is 35.5 Å². The molecule has 0 aliphatic heterocycles. The molecule has 0 saturated carbocycles. The highest BCUT2D eigenvalue weighted by Gasteiger charge is 2.34. The highest BCUT2D eigenvalue weighted by atomic mass is 32.2. The number of hydrogen-bond acceptors (Lipinski definition) is 11. The number of carbonyl (C=O) groups is 2. The Morgan fingerprint density at radius 1 is 0.549 bits per heavy atom. The predicted molar refractivity (Wildman–Crippen MR) is 198 cm³/mol. The van der Waals surface area contributed by atoms with Gasteiger partial charge in [-0.2, -0.15) is 27.0 Å². The van der Waals surface area contributed by atoms with Gasteiger partial charge < -0.3 is 5.32 Å². The fraction of sp³-hybridized carbons (Fsp3) is 0.111. The van der Waals surface area contributed by atoms with Gasteiger partial charge in [-0.3, -0.25) is 29.5 Å². The molecule has 6 rings (SSSR count). The molecule has 13 nitrogen and oxygen atoms in total. The Labute approximate surface area is 294 Å². The van der Waals surface area contributed by atoms with Gasteiger partial charge in [0.15, 0.2) is 11.4 Å². The maximum atomic E-state index is 13.5. The zero-order valence-corrected chi connectivity index (χ0v) is 29.3. The molecule has 0 heterocycles. The fourth-order valence-corrected chi connectivity index (χ4v) is 7.03. The van der Waals surface area contributed by atoms with Crippen LogP contribution in [0.25, 0.3) is 12.2 Å². The van der Waals surface area contributed by atoms with Crippen molar-refractivity contribution in [2.24, 2.45) is 10.2 Å². The van der Waals surface area contributed by atoms with E-state index in [1.165, 1.54) is 24.3 Å². The van der Waals surface area contributed by atoms with Crippen LogP contribution in [0.3, 0.4) is 0 Å². The average Bonchev–Trinajstić information content (AvgIpc) is 3.04. The Bertz CT molecular complexity index is 2360. The maximum Gasteiger partial charge on any atom is 0.296 e. The van der Waals surface area contributed by atoms with Gasteiger partial charge in [0, 0.05) is 22.5 Å². The largest absolute Gasteiger partial charge is 0.355 e. The average molecular weight is 726 g/mol. The standard InChI is InChI=1S/C36H31N5O8S2/c1-19-5-11-29(21(3)13-19)38-40-33-31(50(44,45)46)17-23-15-25(7-9-27(23)35(33)42)37-26-8-10-28-24(16-26)18-32(51(47,48)49)34(36(28)43)41-39-30-12-6-20(2)14-22(30)4/h5-18,37-39H,1-4H3,(H,44,45,46)(H,47,48,49)/b40-33+,41-34+. The number of hydrazone groups is 2. The summed E-state index contributed by atoms with van der Waals surface area (Å²) in [5, 5.41) is 11.2. The smallest absolute Gasteiger partial charge is 0.296 e. The highest BCUT2D eigenvalue weighted by Crippen LogP contribution is 2.32. The lowest BCUT2D eigenvalue weighted by Gasteiger charge is -2.19. The molecule has 4 aromatic rings. The summed E-state index contributed by atoms with van der Waals surface area (Å²) in [6.45, 7) is 7.47. The third kappa shape index (κ3) is 7.27. The summed E-state index contributed by atoms with van der Waals surface area (Å²) in [6.07, 6.45) is 2.28. The number of benzene rings is 4. The zero-order valence-electron chi connectivity index (χ0n) is 27.6. The van der Waals surface area contributed by atoms with Crippen molar-refractivity contribution in [2.75, 3.05) is 16.2 Å². The number of fused-ring (bicyclic) bond motifs is 2. The third-order valence-corrected chi connectivity index (χ3v) is 9.98. The van der Waals surface area contributed by atoms with Crippen molar-refractivity contribution in [1.29, 1.82) is 0 Å². The van der Waals surface area contributed by atoms with Crippen molar-refractivity contribution in [3.05, 3.63) is 127 Å². The second kappa shape index (κ2) is 13.2. The van der Waals surface area contributed by atoms with Gasteiger partial charge in [-0.1, -0.05) is 35.4 Å². The molecule has 0 amide bonds. The summed E-state index contributed by atoms with van der Waals surface area (Å²) < 4.78 is 69.5. The first kappa shape index (κ1) is 35.1. The van der Waals surface area contributed by atoms with E-state index in [0.29, 0.717) is 22.7 Å². The first-order valence-corrected chi connectivity index (χ1v) is 18.2. The number of aryl methyl sites for hydroxylation is 4. The lowest BCUT2D eigenvalue weighted by atomic mass is 9.93. The Kier molecular flexibility index (Phi) is 9.07. The number of allylic oxidation sites excluding steroid dienone is 2. The van der Waals surface area contributed by atoms with Crippen LogP contribution in [0, 0.1) is 27.7 Å². The number of anilines is 4. The zero-order chi connectivity index (χ0) is 36.8. The van der Waals surface area contributed by atoms with Crippen LogP contribution in [0.5, 0.6) is 0 Å². The van der Waals surface area contributed by atoms with Gasteiger partial charge in [0.1, 0.15) is 9.81 Å². The SMILES string of the molecule is Cc1ccc(N/N=C2/C(=O)c3ccc(Nc4ccc5c(c4)C=C(S(=O)(=O)O)/C(=N\Nc4ccc(C)cc4C)C5=O)cc3C=C2S(=O)(=O)O)c(C)c1. The molecule has 2 aliphatic rings. The van der Waals surface area contributed by atoms with E-state index >= 15 is 0 Å². The minimum absolute atomic E-state index is 0.132. The molecule has 0 radical (unpaired) electrons. The van der Waals surface area contributed by atoms with Crippen molar-refractivity contribution in [1.82, 2.24) is 0 Å². The minimum atomic E-state index is -4.88. The number of nitrogens with zero attached hydrogens (tertiary/aromatic N) is 2. The van der Waals surface area contributed by atoms with Gasteiger partial charge >= 0.3 is 0 Å². The van der Waals surface area contributed by atoms with Crippen LogP contribution in [-0.2, 0) is 20.2 Å². The summed E-state index contributed by atoms with van der Waals surface area (Å²) in [5.74, 6) is -1.47. The first-order chi connectivity index (χ1) is 24.0. The lowest BCUT2D eigenvalue weighted by Crippen LogP contribution is -2.27. The molecule has 0 fully saturated rings. The third-order valence-electron chi connectivity index (χ3n) is 8.25. The molecule has 260 valence electrons. The molecular formula is C36H31N5O8S2. The van der Waals surface area contributed by atoms with Crippen LogP contribution in [0.4, 0.5) is 22.7 Å². The maximum absolute atomic E-state index is 13.5. The van der Waals surface area contributed by atoms with Gasteiger partial charge in [0.25, 0.3) is 20.2 Å². The molecule has 0 spiro atoms. The van der Waals surface area contributed by atoms with E-state index in [1.807, 2.05) is 52.0 Å². The number of ketones is 2. The van der Waals surface area contributed by atoms with E-state index in [-0.39, 0.29) is 22.3 Å². The fourth-order valence-electron chi connectivity index (χ4n) is 5.71. The molecule has 5 N–H and O–H groups in total. The molecule has 51 heavy (non-hydrogen) atoms. The van der Waals surface area contributed by atoms with Crippen molar-refractivity contribution < 1.29 is 35.5 Å². The second-order valence-electron chi connectivity index (χ2n) is 12.1. The summed E-state index contributed by atoms with van der Waals surface area (Å²) in [5.41, 5.74) is 10.6. The Morgan fingerprint density at radius 3 is 1.29 bits per heavy atom. The van der Waals surface area contributed by atoms with Crippen molar-refractivity contribution in [3.63, 3.8) is 0 Å². The topological polar surface area (TPSA) is 204 Å². The molecule has 4 aromatic carbocycles. The Balaban J connectivity index is 1.30. The Hall–Kier alpha value is -5.74. The van der Waals surface area contributed by atoms with Crippen molar-refractivity contribution >= 4 is 78.1 Å². The van der Waals surface area contributed by atoms with Gasteiger partial charge in [-0.25, -0.2) is 0 Å². The second-order valence-corrected chi connectivity index (χ2v) is 14.9. The first-order valence-electron chi connectivity index (χ1n) is 15.3. The van der Waals surface area contributed by atoms with Gasteiger partial charge in [-0.05, 0) is 111 Å². The van der Waals surface area contributed by atoms with Gasteiger partial charge in [0.05, 0.1) is 11.4 Å². The van der Waals surface area contributed by atoms with Crippen LogP contribution in [0.2, 0.25) is 0 Å². The molecule has 2 aliphatic carbocycles. The number of rotatable bonds is 8. The summed E-state index contributed by atoms with van der Waals surface area (Å²) in [7, 11) is -9.76. The monoisotopic (exact) mass is 725 g/mol. The van der Waals surface area contributed by atoms with Gasteiger partial charge in [0.2, 0.25) is 11.6 Å². The molecule has 0 bridgehead atoms. The predicted octanol–water partition coefficient (Wildman–Crippen LogP) is 6.45. The highest BCUT2D eigenvalue weighted by molar-refractivity contribution is 7.91. The molecule has 0 aromatic heterocycles. The van der Waals surface area contributed by atoms with Gasteiger partial charge in [-0.15, -0.1) is 0 Å². The minimum Gasteiger partial charge on any atom is -0.355 e. The summed E-state index contributed by atoms with van der Waals surface area (Å²) in [6, 6.07) is 19.9. The molecular weight excluding hydrogens is 695 g/mol. The van der Waals surface area contributed by atoms with Crippen molar-refractivity contribution in [2.45, 2.75) is 27.7 Å². The van der Waals surface area contributed by atoms with Crippen LogP contribution in [-0.4, -0.2) is 48.9 Å². The van der Waals surface area contributed by atoms with Crippen LogP contribution in [0.1, 0.15) is 54.1 Å². The van der Waals surface area contributed by atoms with E-state index in [4.69, 9.17) is 0 Å². The molecule has 0 saturated heterocycles. The number of carbonyl (C=O) groups excluding carboxylic acids is 2. The van der Waals surface area contributed by atoms with Crippen LogP contribution < -0.4 is 16.2 Å².